The number of carboxylic acids is 1. The van der Waals surface area contributed by atoms with Gasteiger partial charge in [0.2, 0.25) is 0 Å². The van der Waals surface area contributed by atoms with Crippen LogP contribution in [0.4, 0.5) is 0 Å². The van der Waals surface area contributed by atoms with Crippen molar-refractivity contribution < 1.29 is 14.6 Å². The number of para-hydroxylation sites is 1. The number of nitrogens with zero attached hydrogens (tertiary/aromatic N) is 1. The van der Waals surface area contributed by atoms with E-state index in [2.05, 4.69) is 4.98 Å². The molecule has 116 valence electrons. The minimum Gasteiger partial charge on any atom is -0.496 e. The standard InChI is InChI=1S/C18H15NO3S/c1-22-14-10-6-5-9-13(14)18-19-17(12-7-3-2-4-8-12)15(23-18)11-16(20)21/h2-10H,11H2,1H3,(H,20,21). The van der Waals surface area contributed by atoms with E-state index in [4.69, 9.17) is 4.74 Å². The highest BCUT2D eigenvalue weighted by Gasteiger charge is 2.18. The molecule has 0 fully saturated rings. The average Bonchev–Trinajstić information content (AvgIpc) is 2.98. The number of carboxylic acid groups (broad SMARTS) is 1. The van der Waals surface area contributed by atoms with E-state index in [0.717, 1.165) is 32.5 Å². The lowest BCUT2D eigenvalue weighted by atomic mass is 10.1. The number of carbonyl (C=O) groups is 1. The van der Waals surface area contributed by atoms with Crippen LogP contribution >= 0.6 is 11.3 Å². The quantitative estimate of drug-likeness (QED) is 0.767. The predicted molar refractivity (Wildman–Crippen MR) is 90.9 cm³/mol. The minimum atomic E-state index is -0.864. The van der Waals surface area contributed by atoms with Crippen molar-refractivity contribution in [2.45, 2.75) is 6.42 Å². The molecule has 0 bridgehead atoms. The molecule has 0 radical (unpaired) electrons. The number of methoxy groups -OCH3 is 1. The van der Waals surface area contributed by atoms with Gasteiger partial charge in [0.25, 0.3) is 0 Å². The highest BCUT2D eigenvalue weighted by atomic mass is 32.1. The van der Waals surface area contributed by atoms with Crippen molar-refractivity contribution in [2.75, 3.05) is 7.11 Å². The number of ether oxygens (including phenoxy) is 1. The summed E-state index contributed by atoms with van der Waals surface area (Å²) < 4.78 is 5.39. The topological polar surface area (TPSA) is 59.4 Å². The van der Waals surface area contributed by atoms with Gasteiger partial charge in [-0.25, -0.2) is 4.98 Å². The van der Waals surface area contributed by atoms with Gasteiger partial charge in [-0.3, -0.25) is 4.79 Å². The molecule has 0 aliphatic carbocycles. The zero-order valence-electron chi connectivity index (χ0n) is 12.5. The van der Waals surface area contributed by atoms with Crippen LogP contribution in [0, 0.1) is 0 Å². The first-order chi connectivity index (χ1) is 11.2. The smallest absolute Gasteiger partial charge is 0.308 e. The molecule has 1 heterocycles. The Bertz CT molecular complexity index is 827. The molecule has 2 aromatic carbocycles. The fourth-order valence-electron chi connectivity index (χ4n) is 2.37. The van der Waals surface area contributed by atoms with Crippen molar-refractivity contribution in [3.05, 3.63) is 59.5 Å². The molecule has 0 aliphatic rings. The molecular formula is C18H15NO3S. The second kappa shape index (κ2) is 6.62. The Kier molecular flexibility index (Phi) is 4.39. The fourth-order valence-corrected chi connectivity index (χ4v) is 3.47. The number of benzene rings is 2. The van der Waals surface area contributed by atoms with Crippen LogP contribution in [0.3, 0.4) is 0 Å². The van der Waals surface area contributed by atoms with Gasteiger partial charge in [-0.1, -0.05) is 42.5 Å². The Balaban J connectivity index is 2.13. The molecule has 5 heteroatoms. The SMILES string of the molecule is COc1ccccc1-c1nc(-c2ccccc2)c(CC(=O)O)s1. The predicted octanol–water partition coefficient (Wildman–Crippen LogP) is 4.11. The zero-order valence-corrected chi connectivity index (χ0v) is 13.3. The number of hydrogen-bond donors (Lipinski definition) is 1. The van der Waals surface area contributed by atoms with E-state index in [1.807, 2.05) is 54.6 Å². The molecule has 0 atom stereocenters. The van der Waals surface area contributed by atoms with Crippen LogP contribution in [0.25, 0.3) is 21.8 Å². The molecule has 23 heavy (non-hydrogen) atoms. The monoisotopic (exact) mass is 325 g/mol. The van der Waals surface area contributed by atoms with Crippen LogP contribution in [0.2, 0.25) is 0 Å². The van der Waals surface area contributed by atoms with E-state index in [1.54, 1.807) is 7.11 Å². The summed E-state index contributed by atoms with van der Waals surface area (Å²) in [5, 5.41) is 9.93. The van der Waals surface area contributed by atoms with Gasteiger partial charge < -0.3 is 9.84 Å². The summed E-state index contributed by atoms with van der Waals surface area (Å²) in [6, 6.07) is 17.2. The van der Waals surface area contributed by atoms with Gasteiger partial charge in [0.1, 0.15) is 10.8 Å². The molecule has 0 saturated heterocycles. The first kappa shape index (κ1) is 15.2. The molecule has 0 spiro atoms. The highest BCUT2D eigenvalue weighted by Crippen LogP contribution is 2.37. The number of aromatic nitrogens is 1. The minimum absolute atomic E-state index is 0.0446. The fraction of sp³-hybridized carbons (Fsp3) is 0.111. The normalized spacial score (nSPS) is 10.5. The molecule has 1 aromatic heterocycles. The zero-order chi connectivity index (χ0) is 16.2. The molecular weight excluding hydrogens is 310 g/mol. The van der Waals surface area contributed by atoms with Crippen LogP contribution in [0.1, 0.15) is 4.88 Å². The van der Waals surface area contributed by atoms with E-state index < -0.39 is 5.97 Å². The lowest BCUT2D eigenvalue weighted by molar-refractivity contribution is -0.136. The lowest BCUT2D eigenvalue weighted by Crippen LogP contribution is -1.99. The number of hydrogen-bond acceptors (Lipinski definition) is 4. The Morgan fingerprint density at radius 2 is 1.83 bits per heavy atom. The van der Waals surface area contributed by atoms with E-state index in [-0.39, 0.29) is 6.42 Å². The van der Waals surface area contributed by atoms with E-state index >= 15 is 0 Å². The maximum Gasteiger partial charge on any atom is 0.308 e. The summed E-state index contributed by atoms with van der Waals surface area (Å²) in [5.41, 5.74) is 2.51. The first-order valence-corrected chi connectivity index (χ1v) is 7.91. The second-order valence-electron chi connectivity index (χ2n) is 4.93. The molecule has 0 amide bonds. The number of aliphatic carboxylic acids is 1. The van der Waals surface area contributed by atoms with Crippen LogP contribution in [-0.4, -0.2) is 23.2 Å². The summed E-state index contributed by atoms with van der Waals surface area (Å²) in [6.07, 6.45) is -0.0446. The van der Waals surface area contributed by atoms with Gasteiger partial charge in [-0.15, -0.1) is 11.3 Å². The van der Waals surface area contributed by atoms with E-state index in [0.29, 0.717) is 0 Å². The largest absolute Gasteiger partial charge is 0.496 e. The third-order valence-corrected chi connectivity index (χ3v) is 4.48. The second-order valence-corrected chi connectivity index (χ2v) is 6.01. The summed E-state index contributed by atoms with van der Waals surface area (Å²) >= 11 is 1.39. The lowest BCUT2D eigenvalue weighted by Gasteiger charge is -2.04. The summed E-state index contributed by atoms with van der Waals surface area (Å²) in [7, 11) is 1.61. The maximum atomic E-state index is 11.2. The van der Waals surface area contributed by atoms with Gasteiger partial charge in [-0.2, -0.15) is 0 Å². The van der Waals surface area contributed by atoms with Gasteiger partial charge in [0.05, 0.1) is 24.8 Å². The summed E-state index contributed by atoms with van der Waals surface area (Å²) in [4.78, 5) is 16.6. The average molecular weight is 325 g/mol. The number of thiazole rings is 1. The van der Waals surface area contributed by atoms with Gasteiger partial charge in [-0.05, 0) is 12.1 Å². The van der Waals surface area contributed by atoms with Gasteiger partial charge in [0, 0.05) is 10.4 Å². The Morgan fingerprint density at radius 1 is 1.13 bits per heavy atom. The molecule has 0 saturated carbocycles. The van der Waals surface area contributed by atoms with E-state index in [1.165, 1.54) is 11.3 Å². The molecule has 0 unspecified atom stereocenters. The molecule has 3 aromatic rings. The first-order valence-electron chi connectivity index (χ1n) is 7.09. The summed E-state index contributed by atoms with van der Waals surface area (Å²) in [5.74, 6) is -0.139. The van der Waals surface area contributed by atoms with Crippen molar-refractivity contribution in [3.8, 4) is 27.6 Å². The van der Waals surface area contributed by atoms with Crippen LogP contribution in [0.15, 0.2) is 54.6 Å². The van der Waals surface area contributed by atoms with Crippen molar-refractivity contribution in [1.29, 1.82) is 0 Å². The summed E-state index contributed by atoms with van der Waals surface area (Å²) in [6.45, 7) is 0. The van der Waals surface area contributed by atoms with E-state index in [9.17, 15) is 9.90 Å². The molecule has 3 rings (SSSR count). The van der Waals surface area contributed by atoms with Crippen molar-refractivity contribution in [2.24, 2.45) is 0 Å². The third kappa shape index (κ3) is 3.24. The van der Waals surface area contributed by atoms with Crippen molar-refractivity contribution in [3.63, 3.8) is 0 Å². The van der Waals surface area contributed by atoms with Crippen molar-refractivity contribution in [1.82, 2.24) is 4.98 Å². The molecule has 4 nitrogen and oxygen atoms in total. The maximum absolute atomic E-state index is 11.2. The van der Waals surface area contributed by atoms with Crippen LogP contribution in [0.5, 0.6) is 5.75 Å². The van der Waals surface area contributed by atoms with Gasteiger partial charge in [0.15, 0.2) is 0 Å². The molecule has 0 aliphatic heterocycles. The van der Waals surface area contributed by atoms with Crippen molar-refractivity contribution >= 4 is 17.3 Å². The Labute approximate surface area is 138 Å². The Hall–Kier alpha value is -2.66. The number of rotatable bonds is 5. The Morgan fingerprint density at radius 3 is 2.52 bits per heavy atom. The highest BCUT2D eigenvalue weighted by molar-refractivity contribution is 7.15. The molecule has 1 N–H and O–H groups in total. The third-order valence-electron chi connectivity index (χ3n) is 3.39. The van der Waals surface area contributed by atoms with Gasteiger partial charge >= 0.3 is 5.97 Å². The van der Waals surface area contributed by atoms with Crippen LogP contribution < -0.4 is 4.74 Å². The van der Waals surface area contributed by atoms with Crippen LogP contribution in [-0.2, 0) is 11.2 Å².